The molecule has 0 aliphatic carbocycles. The van der Waals surface area contributed by atoms with Crippen LogP contribution in [0.5, 0.6) is 0 Å². The highest BCUT2D eigenvalue weighted by atomic mass is 16.3. The zero-order valence-electron chi connectivity index (χ0n) is 37.4. The summed E-state index contributed by atoms with van der Waals surface area (Å²) >= 11 is 0. The molecule has 0 fully saturated rings. The number of nitrogens with zero attached hydrogens (tertiary/aromatic N) is 5. The van der Waals surface area contributed by atoms with Crippen molar-refractivity contribution >= 4 is 87.5 Å². The standard InChI is InChI=1S/C63H37N5O2/c1-3-14-38(15-4-1)61-64-62(39-16-5-2-6-17-39)66-63(65-61)42-28-32-58-50(36-42)51-37-43(29-33-59(51)69-58)67-52-22-10-7-18-44(52)48-34-40(26-30-54(48)67)41-27-31-55-49(35-41)45-19-8-11-23-53(45)68(55)56-24-13-21-47-46-20-9-12-25-57(46)70-60(47)56/h1-37H. The Morgan fingerprint density at radius 3 is 1.41 bits per heavy atom. The molecular formula is C63H37N5O2. The molecule has 0 bridgehead atoms. The first-order chi connectivity index (χ1) is 34.7. The predicted molar refractivity (Wildman–Crippen MR) is 285 cm³/mol. The van der Waals surface area contributed by atoms with Crippen LogP contribution in [0.1, 0.15) is 0 Å². The van der Waals surface area contributed by atoms with E-state index in [0.717, 1.165) is 105 Å². The van der Waals surface area contributed by atoms with Crippen molar-refractivity contribution in [3.63, 3.8) is 0 Å². The maximum absolute atomic E-state index is 6.56. The van der Waals surface area contributed by atoms with E-state index in [1.165, 1.54) is 21.5 Å². The van der Waals surface area contributed by atoms with Gasteiger partial charge >= 0.3 is 0 Å². The SMILES string of the molecule is c1ccc(-c2nc(-c3ccccc3)nc(-c3ccc4oc5ccc(-n6c7ccccc7c7cc(-c8ccc9c(c8)c8ccccc8n9-c8cccc9c8oc8ccccc89)ccc76)cc5c4c3)n2)cc1. The molecule has 0 atom stereocenters. The molecule has 0 radical (unpaired) electrons. The zero-order chi connectivity index (χ0) is 45.9. The second-order valence-corrected chi connectivity index (χ2v) is 18.0. The monoisotopic (exact) mass is 895 g/mol. The molecule has 70 heavy (non-hydrogen) atoms. The first-order valence-corrected chi connectivity index (χ1v) is 23.5. The average molecular weight is 896 g/mol. The predicted octanol–water partition coefficient (Wildman–Crippen LogP) is 16.5. The fourth-order valence-corrected chi connectivity index (χ4v) is 10.7. The number of aromatic nitrogens is 5. The summed E-state index contributed by atoms with van der Waals surface area (Å²) in [5.74, 6) is 1.85. The van der Waals surface area contributed by atoms with Gasteiger partial charge in [0.15, 0.2) is 23.1 Å². The molecule has 0 saturated carbocycles. The van der Waals surface area contributed by atoms with Gasteiger partial charge in [0, 0.05) is 65.5 Å². The van der Waals surface area contributed by atoms with Crippen molar-refractivity contribution < 1.29 is 8.83 Å². The van der Waals surface area contributed by atoms with Crippen molar-refractivity contribution in [2.24, 2.45) is 0 Å². The molecule has 0 unspecified atom stereocenters. The minimum atomic E-state index is 0.600. The lowest BCUT2D eigenvalue weighted by atomic mass is 10.0. The molecule has 15 aromatic rings. The minimum Gasteiger partial charge on any atom is -0.456 e. The third-order valence-electron chi connectivity index (χ3n) is 14.0. The lowest BCUT2D eigenvalue weighted by Crippen LogP contribution is -2.00. The molecular weight excluding hydrogens is 859 g/mol. The summed E-state index contributed by atoms with van der Waals surface area (Å²) < 4.78 is 17.8. The van der Waals surface area contributed by atoms with Crippen molar-refractivity contribution in [1.29, 1.82) is 0 Å². The maximum Gasteiger partial charge on any atom is 0.164 e. The van der Waals surface area contributed by atoms with Gasteiger partial charge in [-0.3, -0.25) is 0 Å². The van der Waals surface area contributed by atoms with Gasteiger partial charge in [0.05, 0.1) is 27.8 Å². The van der Waals surface area contributed by atoms with E-state index < -0.39 is 0 Å². The quantitative estimate of drug-likeness (QED) is 0.166. The molecule has 0 amide bonds. The van der Waals surface area contributed by atoms with Crippen LogP contribution in [0.4, 0.5) is 0 Å². The van der Waals surface area contributed by atoms with E-state index in [1.807, 2.05) is 84.9 Å². The molecule has 0 aliphatic rings. The lowest BCUT2D eigenvalue weighted by Gasteiger charge is -2.10. The molecule has 5 aromatic heterocycles. The largest absolute Gasteiger partial charge is 0.456 e. The molecule has 7 nitrogen and oxygen atoms in total. The van der Waals surface area contributed by atoms with E-state index in [4.69, 9.17) is 23.8 Å². The number of hydrogen-bond donors (Lipinski definition) is 0. The molecule has 0 spiro atoms. The molecule has 5 heterocycles. The van der Waals surface area contributed by atoms with Crippen LogP contribution >= 0.6 is 0 Å². The molecule has 15 rings (SSSR count). The minimum absolute atomic E-state index is 0.600. The molecule has 0 saturated heterocycles. The summed E-state index contributed by atoms with van der Waals surface area (Å²) in [7, 11) is 0. The summed E-state index contributed by atoms with van der Waals surface area (Å²) in [6, 6.07) is 78.7. The Bertz CT molecular complexity index is 4540. The molecule has 0 aliphatic heterocycles. The Hall–Kier alpha value is -9.59. The second kappa shape index (κ2) is 15.0. The number of para-hydroxylation sites is 4. The van der Waals surface area contributed by atoms with Gasteiger partial charge in [-0.2, -0.15) is 0 Å². The number of furan rings is 2. The van der Waals surface area contributed by atoms with E-state index in [2.05, 4.69) is 149 Å². The van der Waals surface area contributed by atoms with E-state index in [9.17, 15) is 0 Å². The summed E-state index contributed by atoms with van der Waals surface area (Å²) in [4.78, 5) is 15.0. The number of benzene rings is 10. The Balaban J connectivity index is 0.852. The third kappa shape index (κ3) is 5.85. The first kappa shape index (κ1) is 38.5. The Labute approximate surface area is 399 Å². The summed E-state index contributed by atoms with van der Waals surface area (Å²) in [5.41, 5.74) is 15.1. The van der Waals surface area contributed by atoms with Crippen LogP contribution in [0.25, 0.3) is 144 Å². The van der Waals surface area contributed by atoms with Gasteiger partial charge < -0.3 is 18.0 Å². The molecule has 326 valence electrons. The number of rotatable bonds is 6. The van der Waals surface area contributed by atoms with Crippen LogP contribution in [-0.4, -0.2) is 24.1 Å². The van der Waals surface area contributed by atoms with Gasteiger partial charge in [-0.1, -0.05) is 140 Å². The highest BCUT2D eigenvalue weighted by Crippen LogP contribution is 2.42. The van der Waals surface area contributed by atoms with E-state index in [-0.39, 0.29) is 0 Å². The van der Waals surface area contributed by atoms with Crippen molar-refractivity contribution in [2.45, 2.75) is 0 Å². The Morgan fingerprint density at radius 2 is 0.743 bits per heavy atom. The topological polar surface area (TPSA) is 74.8 Å². The second-order valence-electron chi connectivity index (χ2n) is 18.0. The van der Waals surface area contributed by atoms with Crippen LogP contribution in [0.2, 0.25) is 0 Å². The fraction of sp³-hybridized carbons (Fsp3) is 0. The summed E-state index contributed by atoms with van der Waals surface area (Å²) in [5, 5.41) is 9.00. The van der Waals surface area contributed by atoms with Crippen LogP contribution in [-0.2, 0) is 0 Å². The van der Waals surface area contributed by atoms with Gasteiger partial charge in [0.25, 0.3) is 0 Å². The van der Waals surface area contributed by atoms with Crippen molar-refractivity contribution in [1.82, 2.24) is 24.1 Å². The number of hydrogen-bond acceptors (Lipinski definition) is 5. The highest BCUT2D eigenvalue weighted by molar-refractivity contribution is 6.15. The van der Waals surface area contributed by atoms with Gasteiger partial charge in [0.1, 0.15) is 16.7 Å². The van der Waals surface area contributed by atoms with Crippen LogP contribution < -0.4 is 0 Å². The van der Waals surface area contributed by atoms with Crippen molar-refractivity contribution in [3.8, 4) is 56.7 Å². The molecule has 7 heteroatoms. The average Bonchev–Trinajstić information content (AvgIpc) is 4.18. The van der Waals surface area contributed by atoms with E-state index in [1.54, 1.807) is 0 Å². The van der Waals surface area contributed by atoms with Gasteiger partial charge in [0.2, 0.25) is 0 Å². The van der Waals surface area contributed by atoms with Crippen LogP contribution in [0.15, 0.2) is 233 Å². The third-order valence-corrected chi connectivity index (χ3v) is 14.0. The Kier molecular flexibility index (Phi) is 8.23. The van der Waals surface area contributed by atoms with Gasteiger partial charge in [-0.05, 0) is 96.1 Å². The molecule has 10 aromatic carbocycles. The smallest absolute Gasteiger partial charge is 0.164 e. The summed E-state index contributed by atoms with van der Waals surface area (Å²) in [6.45, 7) is 0. The van der Waals surface area contributed by atoms with Crippen molar-refractivity contribution in [3.05, 3.63) is 224 Å². The summed E-state index contributed by atoms with van der Waals surface area (Å²) in [6.07, 6.45) is 0. The van der Waals surface area contributed by atoms with Crippen LogP contribution in [0, 0.1) is 0 Å². The fourth-order valence-electron chi connectivity index (χ4n) is 10.7. The first-order valence-electron chi connectivity index (χ1n) is 23.5. The maximum atomic E-state index is 6.56. The zero-order valence-corrected chi connectivity index (χ0v) is 37.4. The number of fused-ring (bicyclic) bond motifs is 12. The Morgan fingerprint density at radius 1 is 0.271 bits per heavy atom. The highest BCUT2D eigenvalue weighted by Gasteiger charge is 2.21. The van der Waals surface area contributed by atoms with Gasteiger partial charge in [-0.15, -0.1) is 0 Å². The van der Waals surface area contributed by atoms with Gasteiger partial charge in [-0.25, -0.2) is 15.0 Å². The lowest BCUT2D eigenvalue weighted by molar-refractivity contribution is 0.666. The van der Waals surface area contributed by atoms with E-state index >= 15 is 0 Å². The molecule has 0 N–H and O–H groups in total. The normalized spacial score (nSPS) is 12.0. The van der Waals surface area contributed by atoms with E-state index in [0.29, 0.717) is 17.5 Å². The van der Waals surface area contributed by atoms with Crippen molar-refractivity contribution in [2.75, 3.05) is 0 Å². The van der Waals surface area contributed by atoms with Crippen LogP contribution in [0.3, 0.4) is 0 Å².